The van der Waals surface area contributed by atoms with Gasteiger partial charge in [0.25, 0.3) is 5.78 Å². The van der Waals surface area contributed by atoms with Gasteiger partial charge in [0, 0.05) is 0 Å². The van der Waals surface area contributed by atoms with E-state index < -0.39 is 29.3 Å². The Hall–Kier alpha value is -2.24. The molecule has 1 atom stereocenters. The van der Waals surface area contributed by atoms with Gasteiger partial charge in [0.05, 0.1) is 12.7 Å². The Morgan fingerprint density at radius 2 is 2.17 bits per heavy atom. The zero-order chi connectivity index (χ0) is 13.3. The van der Waals surface area contributed by atoms with Gasteiger partial charge in [-0.15, -0.1) is 0 Å². The van der Waals surface area contributed by atoms with E-state index in [4.69, 9.17) is 4.74 Å². The van der Waals surface area contributed by atoms with Crippen LogP contribution in [0.4, 0.5) is 4.39 Å². The van der Waals surface area contributed by atoms with Gasteiger partial charge in [0.15, 0.2) is 17.3 Å². The Morgan fingerprint density at radius 1 is 1.44 bits per heavy atom. The molecule has 6 heteroatoms. The van der Waals surface area contributed by atoms with Crippen molar-refractivity contribution in [3.05, 3.63) is 29.6 Å². The summed E-state index contributed by atoms with van der Waals surface area (Å²) in [4.78, 5) is 34.6. The van der Waals surface area contributed by atoms with Crippen LogP contribution >= 0.6 is 0 Å². The number of carbonyl (C=O) groups excluding carboxylic acids is 3. The number of methoxy groups -OCH3 is 1. The van der Waals surface area contributed by atoms with Crippen LogP contribution in [0.1, 0.15) is 10.4 Å². The molecule has 18 heavy (non-hydrogen) atoms. The normalized spacial score (nSPS) is 17.7. The SMILES string of the molecule is COC(=O)C(=O)C1COc2c(F)cccc2C1=O. The molecule has 0 aliphatic carbocycles. The number of hydrogen-bond acceptors (Lipinski definition) is 5. The van der Waals surface area contributed by atoms with Gasteiger partial charge in [0.2, 0.25) is 0 Å². The third kappa shape index (κ3) is 1.85. The molecular formula is C12H9FO5. The lowest BCUT2D eigenvalue weighted by Crippen LogP contribution is -2.38. The molecule has 0 spiro atoms. The van der Waals surface area contributed by atoms with Crippen molar-refractivity contribution < 1.29 is 28.2 Å². The van der Waals surface area contributed by atoms with Gasteiger partial charge in [0.1, 0.15) is 12.5 Å². The second-order valence-corrected chi connectivity index (χ2v) is 3.70. The summed E-state index contributed by atoms with van der Waals surface area (Å²) in [5.41, 5.74) is -0.0384. The minimum Gasteiger partial charge on any atom is -0.488 e. The van der Waals surface area contributed by atoms with Gasteiger partial charge in [-0.1, -0.05) is 6.07 Å². The molecule has 0 radical (unpaired) electrons. The topological polar surface area (TPSA) is 69.7 Å². The number of ether oxygens (including phenoxy) is 2. The second-order valence-electron chi connectivity index (χ2n) is 3.70. The molecule has 0 aromatic heterocycles. The van der Waals surface area contributed by atoms with E-state index in [1.165, 1.54) is 12.1 Å². The van der Waals surface area contributed by atoms with E-state index in [2.05, 4.69) is 4.74 Å². The number of rotatable bonds is 2. The Labute approximate surface area is 101 Å². The number of hydrogen-bond donors (Lipinski definition) is 0. The third-order valence-electron chi connectivity index (χ3n) is 2.65. The number of halogens is 1. The average Bonchev–Trinajstić information content (AvgIpc) is 2.38. The van der Waals surface area contributed by atoms with Crippen LogP contribution in [-0.4, -0.2) is 31.3 Å². The molecule has 1 aromatic carbocycles. The Bertz CT molecular complexity index is 537. The molecule has 0 amide bonds. The van der Waals surface area contributed by atoms with Crippen molar-refractivity contribution in [2.24, 2.45) is 5.92 Å². The summed E-state index contributed by atoms with van der Waals surface area (Å²) in [6.07, 6.45) is 0. The quantitative estimate of drug-likeness (QED) is 0.441. The summed E-state index contributed by atoms with van der Waals surface area (Å²) in [5.74, 6) is -4.87. The molecule has 1 aliphatic heterocycles. The predicted octanol–water partition coefficient (Wildman–Crippen LogP) is 0.759. The first kappa shape index (κ1) is 12.2. The molecule has 1 aromatic rings. The fraction of sp³-hybridized carbons (Fsp3) is 0.250. The first-order chi connectivity index (χ1) is 8.56. The van der Waals surface area contributed by atoms with Crippen LogP contribution in [0.25, 0.3) is 0 Å². The highest BCUT2D eigenvalue weighted by Crippen LogP contribution is 2.30. The maximum Gasteiger partial charge on any atom is 0.375 e. The molecule has 1 unspecified atom stereocenters. The summed E-state index contributed by atoms with van der Waals surface area (Å²) in [7, 11) is 1.04. The monoisotopic (exact) mass is 252 g/mol. The lowest BCUT2D eigenvalue weighted by molar-refractivity contribution is -0.153. The largest absolute Gasteiger partial charge is 0.488 e. The first-order valence-electron chi connectivity index (χ1n) is 5.14. The van der Waals surface area contributed by atoms with E-state index in [0.29, 0.717) is 0 Å². The van der Waals surface area contributed by atoms with Gasteiger partial charge >= 0.3 is 5.97 Å². The summed E-state index contributed by atoms with van der Waals surface area (Å²) >= 11 is 0. The second kappa shape index (κ2) is 4.56. The molecular weight excluding hydrogens is 243 g/mol. The van der Waals surface area contributed by atoms with Gasteiger partial charge in [-0.25, -0.2) is 9.18 Å². The molecule has 1 aliphatic rings. The number of Topliss-reactive ketones (excluding diaryl/α,β-unsaturated/α-hetero) is 2. The summed E-state index contributed by atoms with van der Waals surface area (Å²) in [5, 5.41) is 0. The number of ketones is 2. The minimum atomic E-state index is -1.27. The van der Waals surface area contributed by atoms with E-state index in [1.54, 1.807) is 0 Å². The molecule has 1 heterocycles. The molecule has 2 rings (SSSR count). The van der Waals surface area contributed by atoms with Crippen LogP contribution in [0.5, 0.6) is 5.75 Å². The van der Waals surface area contributed by atoms with Crippen molar-refractivity contribution in [2.75, 3.05) is 13.7 Å². The fourth-order valence-electron chi connectivity index (χ4n) is 1.72. The maximum absolute atomic E-state index is 13.3. The number of esters is 1. The van der Waals surface area contributed by atoms with Crippen LogP contribution in [0.3, 0.4) is 0 Å². The first-order valence-corrected chi connectivity index (χ1v) is 5.14. The van der Waals surface area contributed by atoms with Crippen LogP contribution < -0.4 is 4.74 Å². The third-order valence-corrected chi connectivity index (χ3v) is 2.65. The van der Waals surface area contributed by atoms with E-state index in [1.807, 2.05) is 0 Å². The molecule has 0 saturated heterocycles. The van der Waals surface area contributed by atoms with Crippen molar-refractivity contribution in [3.63, 3.8) is 0 Å². The predicted molar refractivity (Wildman–Crippen MR) is 56.7 cm³/mol. The smallest absolute Gasteiger partial charge is 0.375 e. The fourth-order valence-corrected chi connectivity index (χ4v) is 1.72. The number of carbonyl (C=O) groups is 3. The highest BCUT2D eigenvalue weighted by atomic mass is 19.1. The summed E-state index contributed by atoms with van der Waals surface area (Å²) < 4.78 is 22.6. The van der Waals surface area contributed by atoms with Crippen molar-refractivity contribution in [1.82, 2.24) is 0 Å². The molecule has 94 valence electrons. The summed E-state index contributed by atoms with van der Waals surface area (Å²) in [6.45, 7) is -0.360. The van der Waals surface area contributed by atoms with Gasteiger partial charge in [-0.3, -0.25) is 9.59 Å². The van der Waals surface area contributed by atoms with Gasteiger partial charge < -0.3 is 9.47 Å². The Morgan fingerprint density at radius 3 is 2.83 bits per heavy atom. The number of para-hydroxylation sites is 1. The lowest BCUT2D eigenvalue weighted by Gasteiger charge is -2.22. The van der Waals surface area contributed by atoms with Crippen molar-refractivity contribution in [2.45, 2.75) is 0 Å². The Balaban J connectivity index is 2.34. The minimum absolute atomic E-state index is 0.0384. The molecule has 0 saturated carbocycles. The van der Waals surface area contributed by atoms with Crippen molar-refractivity contribution >= 4 is 17.5 Å². The molecule has 0 bridgehead atoms. The Kier molecular flexibility index (Phi) is 3.10. The highest BCUT2D eigenvalue weighted by Gasteiger charge is 2.38. The van der Waals surface area contributed by atoms with Crippen LogP contribution in [-0.2, 0) is 14.3 Å². The molecule has 5 nitrogen and oxygen atoms in total. The zero-order valence-corrected chi connectivity index (χ0v) is 9.44. The zero-order valence-electron chi connectivity index (χ0n) is 9.44. The van der Waals surface area contributed by atoms with E-state index in [-0.39, 0.29) is 17.9 Å². The average molecular weight is 252 g/mol. The van der Waals surface area contributed by atoms with E-state index >= 15 is 0 Å². The standard InChI is InChI=1S/C12H9FO5/c1-17-12(16)10(15)7-5-18-11-6(9(7)14)3-2-4-8(11)13/h2-4,7H,5H2,1H3. The highest BCUT2D eigenvalue weighted by molar-refractivity contribution is 6.39. The van der Waals surface area contributed by atoms with Crippen LogP contribution in [0.15, 0.2) is 18.2 Å². The number of benzene rings is 1. The maximum atomic E-state index is 13.3. The number of fused-ring (bicyclic) bond motifs is 1. The van der Waals surface area contributed by atoms with Gasteiger partial charge in [-0.2, -0.15) is 0 Å². The van der Waals surface area contributed by atoms with Gasteiger partial charge in [-0.05, 0) is 12.1 Å². The lowest BCUT2D eigenvalue weighted by atomic mass is 9.91. The van der Waals surface area contributed by atoms with E-state index in [0.717, 1.165) is 13.2 Å². The van der Waals surface area contributed by atoms with Crippen LogP contribution in [0.2, 0.25) is 0 Å². The molecule has 0 fully saturated rings. The van der Waals surface area contributed by atoms with Crippen molar-refractivity contribution in [1.29, 1.82) is 0 Å². The molecule has 0 N–H and O–H groups in total. The summed E-state index contributed by atoms with van der Waals surface area (Å²) in [6, 6.07) is 3.83. The van der Waals surface area contributed by atoms with Crippen LogP contribution in [0, 0.1) is 11.7 Å². The van der Waals surface area contributed by atoms with E-state index in [9.17, 15) is 18.8 Å². The van der Waals surface area contributed by atoms with Crippen molar-refractivity contribution in [3.8, 4) is 5.75 Å².